The van der Waals surface area contributed by atoms with Crippen LogP contribution in [0.4, 0.5) is 0 Å². The first-order chi connectivity index (χ1) is 9.86. The number of allylic oxidation sites excluding steroid dienone is 1. The summed E-state index contributed by atoms with van der Waals surface area (Å²) >= 11 is 0. The first-order valence-corrected chi connectivity index (χ1v) is 7.04. The second-order valence-electron chi connectivity index (χ2n) is 5.11. The summed E-state index contributed by atoms with van der Waals surface area (Å²) in [7, 11) is 0. The first-order valence-electron chi connectivity index (χ1n) is 7.04. The number of hydrogen-bond donors (Lipinski definition) is 1. The molecule has 0 radical (unpaired) electrons. The zero-order valence-corrected chi connectivity index (χ0v) is 11.4. The molecule has 1 aromatic carbocycles. The predicted octanol–water partition coefficient (Wildman–Crippen LogP) is 1.91. The molecule has 0 amide bonds. The van der Waals surface area contributed by atoms with E-state index in [0.717, 1.165) is 49.4 Å². The second kappa shape index (κ2) is 6.08. The maximum absolute atomic E-state index is 8.99. The number of ether oxygens (including phenoxy) is 2. The van der Waals surface area contributed by atoms with Crippen molar-refractivity contribution >= 4 is 6.08 Å². The maximum atomic E-state index is 8.99. The Labute approximate surface area is 119 Å². The molecule has 1 aliphatic carbocycles. The van der Waals surface area contributed by atoms with Crippen LogP contribution in [-0.4, -0.2) is 32.4 Å². The second-order valence-corrected chi connectivity index (χ2v) is 5.11. The lowest BCUT2D eigenvalue weighted by atomic mass is 9.92. The summed E-state index contributed by atoms with van der Waals surface area (Å²) < 4.78 is 11.6. The lowest BCUT2D eigenvalue weighted by Gasteiger charge is -2.25. The smallest absolute Gasteiger partial charge is 0.123 e. The highest BCUT2D eigenvalue weighted by Crippen LogP contribution is 2.31. The summed E-state index contributed by atoms with van der Waals surface area (Å²) in [4.78, 5) is 0. The summed E-state index contributed by atoms with van der Waals surface area (Å²) in [6.07, 6.45) is 3.75. The van der Waals surface area contributed by atoms with E-state index in [2.05, 4.69) is 11.4 Å². The average molecular weight is 270 g/mol. The van der Waals surface area contributed by atoms with E-state index in [9.17, 15) is 0 Å². The van der Waals surface area contributed by atoms with Crippen LogP contribution in [-0.2, 0) is 11.2 Å². The van der Waals surface area contributed by atoms with Crippen LogP contribution in [0.25, 0.3) is 6.08 Å². The van der Waals surface area contributed by atoms with Crippen molar-refractivity contribution in [2.75, 3.05) is 26.3 Å². The minimum Gasteiger partial charge on any atom is -0.491 e. The van der Waals surface area contributed by atoms with Crippen molar-refractivity contribution in [2.45, 2.75) is 18.9 Å². The topological polar surface area (TPSA) is 54.3 Å². The van der Waals surface area contributed by atoms with Crippen molar-refractivity contribution in [3.63, 3.8) is 0 Å². The molecule has 1 saturated heterocycles. The lowest BCUT2D eigenvalue weighted by molar-refractivity contribution is 0.00000571. The Morgan fingerprint density at radius 1 is 1.40 bits per heavy atom. The lowest BCUT2D eigenvalue weighted by Crippen LogP contribution is -2.41. The third-order valence-corrected chi connectivity index (χ3v) is 3.72. The van der Waals surface area contributed by atoms with Gasteiger partial charge in [-0.1, -0.05) is 12.1 Å². The Bertz CT molecular complexity index is 554. The summed E-state index contributed by atoms with van der Waals surface area (Å²) in [6, 6.07) is 8.26. The van der Waals surface area contributed by atoms with Gasteiger partial charge < -0.3 is 14.8 Å². The predicted molar refractivity (Wildman–Crippen MR) is 76.5 cm³/mol. The minimum absolute atomic E-state index is 0.119. The van der Waals surface area contributed by atoms with Crippen LogP contribution in [0.1, 0.15) is 17.5 Å². The molecule has 1 heterocycles. The molecule has 20 heavy (non-hydrogen) atoms. The highest BCUT2D eigenvalue weighted by molar-refractivity contribution is 5.65. The fraction of sp³-hybridized carbons (Fsp3) is 0.438. The van der Waals surface area contributed by atoms with Gasteiger partial charge in [0.1, 0.15) is 18.5 Å². The number of morpholine rings is 1. The van der Waals surface area contributed by atoms with Gasteiger partial charge in [0.2, 0.25) is 0 Å². The first kappa shape index (κ1) is 13.2. The van der Waals surface area contributed by atoms with Crippen LogP contribution in [0.5, 0.6) is 5.75 Å². The minimum atomic E-state index is 0.119. The molecule has 0 aromatic heterocycles. The van der Waals surface area contributed by atoms with Crippen molar-refractivity contribution in [1.29, 1.82) is 5.26 Å². The highest BCUT2D eigenvalue weighted by Gasteiger charge is 2.17. The maximum Gasteiger partial charge on any atom is 0.123 e. The van der Waals surface area contributed by atoms with Crippen molar-refractivity contribution in [3.05, 3.63) is 34.9 Å². The summed E-state index contributed by atoms with van der Waals surface area (Å²) in [5, 5.41) is 12.3. The molecule has 1 fully saturated rings. The van der Waals surface area contributed by atoms with E-state index < -0.39 is 0 Å². The number of hydrogen-bond acceptors (Lipinski definition) is 4. The molecule has 3 rings (SSSR count). The van der Waals surface area contributed by atoms with Crippen LogP contribution in [0.2, 0.25) is 0 Å². The third kappa shape index (κ3) is 2.84. The zero-order valence-electron chi connectivity index (χ0n) is 11.4. The molecule has 104 valence electrons. The van der Waals surface area contributed by atoms with Gasteiger partial charge in [0.15, 0.2) is 0 Å². The Morgan fingerprint density at radius 2 is 2.35 bits per heavy atom. The van der Waals surface area contributed by atoms with Gasteiger partial charge in [-0.05, 0) is 30.5 Å². The molecule has 0 saturated carbocycles. The normalized spacial score (nSPS) is 21.6. The summed E-state index contributed by atoms with van der Waals surface area (Å²) in [5.74, 6) is 0.921. The van der Waals surface area contributed by atoms with Gasteiger partial charge in [-0.2, -0.15) is 5.26 Å². The molecular formula is C16H18N2O2. The molecule has 4 nitrogen and oxygen atoms in total. The Hall–Kier alpha value is -1.83. The van der Waals surface area contributed by atoms with Crippen LogP contribution in [0.15, 0.2) is 23.8 Å². The van der Waals surface area contributed by atoms with E-state index in [1.807, 2.05) is 24.3 Å². The van der Waals surface area contributed by atoms with E-state index >= 15 is 0 Å². The van der Waals surface area contributed by atoms with Crippen LogP contribution < -0.4 is 10.1 Å². The van der Waals surface area contributed by atoms with Gasteiger partial charge in [0, 0.05) is 24.2 Å². The molecular weight excluding hydrogens is 252 g/mol. The van der Waals surface area contributed by atoms with Crippen molar-refractivity contribution in [1.82, 2.24) is 5.32 Å². The molecule has 4 heteroatoms. The molecule has 1 aromatic rings. The Kier molecular flexibility index (Phi) is 4.00. The van der Waals surface area contributed by atoms with Gasteiger partial charge in [0.25, 0.3) is 0 Å². The van der Waals surface area contributed by atoms with E-state index in [4.69, 9.17) is 14.7 Å². The SMILES string of the molecule is N#CC1=Cc2cccc(OC[C@H]3CNCCO3)c2CC1. The van der Waals surface area contributed by atoms with Crippen molar-refractivity contribution in [2.24, 2.45) is 0 Å². The molecule has 1 aliphatic heterocycles. The van der Waals surface area contributed by atoms with Crippen LogP contribution >= 0.6 is 0 Å². The fourth-order valence-electron chi connectivity index (χ4n) is 2.64. The third-order valence-electron chi connectivity index (χ3n) is 3.72. The van der Waals surface area contributed by atoms with Gasteiger partial charge in [-0.3, -0.25) is 0 Å². The fourth-order valence-corrected chi connectivity index (χ4v) is 2.64. The summed E-state index contributed by atoms with van der Waals surface area (Å²) in [5.41, 5.74) is 3.15. The number of nitrogens with one attached hydrogen (secondary N) is 1. The van der Waals surface area contributed by atoms with E-state index in [1.165, 1.54) is 5.56 Å². The van der Waals surface area contributed by atoms with Gasteiger partial charge in [-0.15, -0.1) is 0 Å². The molecule has 0 bridgehead atoms. The van der Waals surface area contributed by atoms with Crippen LogP contribution in [0.3, 0.4) is 0 Å². The number of nitrogens with zero attached hydrogens (tertiary/aromatic N) is 1. The van der Waals surface area contributed by atoms with E-state index in [0.29, 0.717) is 6.61 Å². The number of fused-ring (bicyclic) bond motifs is 1. The molecule has 1 atom stereocenters. The zero-order chi connectivity index (χ0) is 13.8. The number of rotatable bonds is 3. The highest BCUT2D eigenvalue weighted by atomic mass is 16.5. The largest absolute Gasteiger partial charge is 0.491 e. The molecule has 1 N–H and O–H groups in total. The van der Waals surface area contributed by atoms with Gasteiger partial charge in [-0.25, -0.2) is 0 Å². The van der Waals surface area contributed by atoms with Gasteiger partial charge in [0.05, 0.1) is 12.7 Å². The molecule has 0 unspecified atom stereocenters. The molecule has 0 spiro atoms. The van der Waals surface area contributed by atoms with E-state index in [1.54, 1.807) is 0 Å². The molecule has 2 aliphatic rings. The van der Waals surface area contributed by atoms with Crippen molar-refractivity contribution < 1.29 is 9.47 Å². The van der Waals surface area contributed by atoms with Crippen LogP contribution in [0, 0.1) is 11.3 Å². The number of nitriles is 1. The average Bonchev–Trinajstić information content (AvgIpc) is 2.53. The van der Waals surface area contributed by atoms with Crippen molar-refractivity contribution in [3.8, 4) is 11.8 Å². The van der Waals surface area contributed by atoms with E-state index in [-0.39, 0.29) is 6.10 Å². The number of benzene rings is 1. The Balaban J connectivity index is 1.71. The summed E-state index contributed by atoms with van der Waals surface area (Å²) in [6.45, 7) is 3.07. The monoisotopic (exact) mass is 270 g/mol. The standard InChI is InChI=1S/C16H18N2O2/c17-9-12-4-5-15-13(8-12)2-1-3-16(15)20-11-14-10-18-6-7-19-14/h1-3,8,14,18H,4-7,10-11H2/t14-/m1/s1. The van der Waals surface area contributed by atoms with Gasteiger partial charge >= 0.3 is 0 Å². The quantitative estimate of drug-likeness (QED) is 0.911. The Morgan fingerprint density at radius 3 is 3.15 bits per heavy atom.